The van der Waals surface area contributed by atoms with Crippen LogP contribution in [0.5, 0.6) is 0 Å². The van der Waals surface area contributed by atoms with Gasteiger partial charge in [-0.05, 0) is 67.4 Å². The van der Waals surface area contributed by atoms with E-state index in [0.717, 1.165) is 30.8 Å². The van der Waals surface area contributed by atoms with E-state index >= 15 is 0 Å². The van der Waals surface area contributed by atoms with Crippen molar-refractivity contribution in [2.75, 3.05) is 18.9 Å². The minimum absolute atomic E-state index is 0.108. The number of carbonyl (C=O) groups excluding carboxylic acids is 1. The number of hydrogen-bond acceptors (Lipinski definition) is 2. The molecule has 1 aliphatic rings. The van der Waals surface area contributed by atoms with Crippen LogP contribution in [0, 0.1) is 6.92 Å². The number of halogens is 1. The summed E-state index contributed by atoms with van der Waals surface area (Å²) in [4.78, 5) is 14.6. The predicted octanol–water partition coefficient (Wildman–Crippen LogP) is 3.89. The molecule has 1 amide bonds. The smallest absolute Gasteiger partial charge is 0.255 e. The molecular formula is C18H19ClN2O. The van der Waals surface area contributed by atoms with Gasteiger partial charge in [-0.1, -0.05) is 17.7 Å². The Morgan fingerprint density at radius 3 is 2.77 bits per heavy atom. The number of amides is 1. The van der Waals surface area contributed by atoms with Gasteiger partial charge in [0.05, 0.1) is 0 Å². The van der Waals surface area contributed by atoms with E-state index in [1.165, 1.54) is 11.1 Å². The van der Waals surface area contributed by atoms with E-state index in [1.807, 2.05) is 19.1 Å². The Labute approximate surface area is 135 Å². The van der Waals surface area contributed by atoms with Gasteiger partial charge in [0.25, 0.3) is 5.91 Å². The van der Waals surface area contributed by atoms with E-state index in [9.17, 15) is 4.79 Å². The minimum atomic E-state index is -0.108. The molecule has 4 heteroatoms. The van der Waals surface area contributed by atoms with Crippen molar-refractivity contribution in [2.45, 2.75) is 19.9 Å². The zero-order chi connectivity index (χ0) is 15.7. The maximum absolute atomic E-state index is 12.3. The predicted molar refractivity (Wildman–Crippen MR) is 90.6 cm³/mol. The molecule has 1 aliphatic heterocycles. The first-order valence-corrected chi connectivity index (χ1v) is 7.78. The number of hydrogen-bond donors (Lipinski definition) is 1. The van der Waals surface area contributed by atoms with Gasteiger partial charge in [0.2, 0.25) is 0 Å². The van der Waals surface area contributed by atoms with Crippen LogP contribution in [0.25, 0.3) is 0 Å². The highest BCUT2D eigenvalue weighted by molar-refractivity contribution is 6.31. The van der Waals surface area contributed by atoms with E-state index < -0.39 is 0 Å². The zero-order valence-corrected chi connectivity index (χ0v) is 13.6. The molecule has 0 spiro atoms. The summed E-state index contributed by atoms with van der Waals surface area (Å²) < 4.78 is 0. The number of benzene rings is 2. The highest BCUT2D eigenvalue weighted by Crippen LogP contribution is 2.23. The summed E-state index contributed by atoms with van der Waals surface area (Å²) >= 11 is 6.00. The van der Waals surface area contributed by atoms with Crippen LogP contribution < -0.4 is 5.32 Å². The van der Waals surface area contributed by atoms with Crippen LogP contribution in [-0.4, -0.2) is 24.4 Å². The van der Waals surface area contributed by atoms with E-state index in [0.29, 0.717) is 10.6 Å². The largest absolute Gasteiger partial charge is 0.322 e. The first-order valence-electron chi connectivity index (χ1n) is 7.41. The maximum atomic E-state index is 12.3. The molecule has 0 saturated heterocycles. The summed E-state index contributed by atoms with van der Waals surface area (Å²) in [6.45, 7) is 3.91. The van der Waals surface area contributed by atoms with Gasteiger partial charge >= 0.3 is 0 Å². The molecule has 1 heterocycles. The van der Waals surface area contributed by atoms with Crippen molar-refractivity contribution in [1.82, 2.24) is 4.90 Å². The Morgan fingerprint density at radius 2 is 2.00 bits per heavy atom. The molecule has 2 aromatic rings. The van der Waals surface area contributed by atoms with Crippen molar-refractivity contribution in [2.24, 2.45) is 0 Å². The van der Waals surface area contributed by atoms with Crippen LogP contribution in [0.2, 0.25) is 5.02 Å². The van der Waals surface area contributed by atoms with Crippen molar-refractivity contribution in [1.29, 1.82) is 0 Å². The second-order valence-electron chi connectivity index (χ2n) is 5.89. The lowest BCUT2D eigenvalue weighted by Gasteiger charge is -2.25. The molecule has 3 nitrogen and oxygen atoms in total. The molecule has 0 bridgehead atoms. The van der Waals surface area contributed by atoms with Crippen molar-refractivity contribution in [3.63, 3.8) is 0 Å². The summed E-state index contributed by atoms with van der Waals surface area (Å²) in [6.07, 6.45) is 1.07. The Balaban J connectivity index is 1.79. The number of nitrogens with zero attached hydrogens (tertiary/aromatic N) is 1. The van der Waals surface area contributed by atoms with Crippen LogP contribution in [0.15, 0.2) is 36.4 Å². The number of aryl methyl sites for hydroxylation is 1. The molecule has 0 atom stereocenters. The number of nitrogens with one attached hydrogen (secondary N) is 1. The normalized spacial score (nSPS) is 14.5. The zero-order valence-electron chi connectivity index (χ0n) is 12.8. The summed E-state index contributed by atoms with van der Waals surface area (Å²) in [5.74, 6) is -0.108. The SMILES string of the molecule is Cc1cc(C(=O)Nc2ccc3c(c2)CN(C)CC3)ccc1Cl. The molecule has 2 aromatic carbocycles. The van der Waals surface area contributed by atoms with Crippen molar-refractivity contribution in [3.8, 4) is 0 Å². The fourth-order valence-electron chi connectivity index (χ4n) is 2.77. The fraction of sp³-hybridized carbons (Fsp3) is 0.278. The van der Waals surface area contributed by atoms with E-state index in [2.05, 4.69) is 29.4 Å². The molecule has 1 N–H and O–H groups in total. The van der Waals surface area contributed by atoms with Gasteiger partial charge in [0.1, 0.15) is 0 Å². The third-order valence-corrected chi connectivity index (χ3v) is 4.51. The first kappa shape index (κ1) is 15.1. The van der Waals surface area contributed by atoms with Crippen LogP contribution in [0.1, 0.15) is 27.0 Å². The molecule has 114 valence electrons. The summed E-state index contributed by atoms with van der Waals surface area (Å²) in [5, 5.41) is 3.64. The van der Waals surface area contributed by atoms with E-state index in [1.54, 1.807) is 12.1 Å². The van der Waals surface area contributed by atoms with Crippen LogP contribution in [0.4, 0.5) is 5.69 Å². The van der Waals surface area contributed by atoms with Crippen molar-refractivity contribution < 1.29 is 4.79 Å². The minimum Gasteiger partial charge on any atom is -0.322 e. The molecule has 0 fully saturated rings. The van der Waals surface area contributed by atoms with Gasteiger partial charge in [0, 0.05) is 29.4 Å². The van der Waals surface area contributed by atoms with Crippen molar-refractivity contribution in [3.05, 3.63) is 63.7 Å². The van der Waals surface area contributed by atoms with Gasteiger partial charge in [-0.2, -0.15) is 0 Å². The van der Waals surface area contributed by atoms with E-state index in [4.69, 9.17) is 11.6 Å². The van der Waals surface area contributed by atoms with Gasteiger partial charge in [-0.3, -0.25) is 4.79 Å². The third-order valence-electron chi connectivity index (χ3n) is 4.09. The van der Waals surface area contributed by atoms with Crippen LogP contribution in [-0.2, 0) is 13.0 Å². The van der Waals surface area contributed by atoms with Gasteiger partial charge in [-0.15, -0.1) is 0 Å². The summed E-state index contributed by atoms with van der Waals surface area (Å²) in [6, 6.07) is 11.5. The topological polar surface area (TPSA) is 32.3 Å². The fourth-order valence-corrected chi connectivity index (χ4v) is 2.88. The molecule has 0 unspecified atom stereocenters. The average molecular weight is 315 g/mol. The third kappa shape index (κ3) is 3.16. The van der Waals surface area contributed by atoms with Crippen LogP contribution in [0.3, 0.4) is 0 Å². The number of anilines is 1. The number of rotatable bonds is 2. The molecule has 3 rings (SSSR count). The number of carbonyl (C=O) groups is 1. The Bertz CT molecular complexity index is 727. The number of fused-ring (bicyclic) bond motifs is 1. The van der Waals surface area contributed by atoms with E-state index in [-0.39, 0.29) is 5.91 Å². The molecule has 0 aliphatic carbocycles. The lowest BCUT2D eigenvalue weighted by Crippen LogP contribution is -2.26. The molecular weight excluding hydrogens is 296 g/mol. The first-order chi connectivity index (χ1) is 10.5. The Morgan fingerprint density at radius 1 is 1.18 bits per heavy atom. The summed E-state index contributed by atoms with van der Waals surface area (Å²) in [5.41, 5.74) is 5.03. The van der Waals surface area contributed by atoms with Crippen molar-refractivity contribution >= 4 is 23.2 Å². The summed E-state index contributed by atoms with van der Waals surface area (Å²) in [7, 11) is 2.12. The standard InChI is InChI=1S/C18H19ClN2O/c1-12-9-14(4-6-17(12)19)18(22)20-16-5-3-13-7-8-21(2)11-15(13)10-16/h3-6,9-10H,7-8,11H2,1-2H3,(H,20,22). The Kier molecular flexibility index (Phi) is 4.19. The second-order valence-corrected chi connectivity index (χ2v) is 6.30. The van der Waals surface area contributed by atoms with Gasteiger partial charge in [-0.25, -0.2) is 0 Å². The highest BCUT2D eigenvalue weighted by Gasteiger charge is 2.14. The molecule has 0 radical (unpaired) electrons. The maximum Gasteiger partial charge on any atom is 0.255 e. The quantitative estimate of drug-likeness (QED) is 0.912. The molecule has 0 aromatic heterocycles. The van der Waals surface area contributed by atoms with Gasteiger partial charge < -0.3 is 10.2 Å². The highest BCUT2D eigenvalue weighted by atomic mass is 35.5. The Hall–Kier alpha value is -1.84. The second kappa shape index (κ2) is 6.11. The monoisotopic (exact) mass is 314 g/mol. The lowest BCUT2D eigenvalue weighted by molar-refractivity contribution is 0.102. The lowest BCUT2D eigenvalue weighted by atomic mass is 9.99. The molecule has 22 heavy (non-hydrogen) atoms. The number of likely N-dealkylation sites (N-methyl/N-ethyl adjacent to an activating group) is 1. The molecule has 0 saturated carbocycles. The van der Waals surface area contributed by atoms with Gasteiger partial charge in [0.15, 0.2) is 0 Å². The average Bonchev–Trinajstić information content (AvgIpc) is 2.49. The van der Waals surface area contributed by atoms with Crippen LogP contribution >= 0.6 is 11.6 Å².